The van der Waals surface area contributed by atoms with Gasteiger partial charge >= 0.3 is 0 Å². The van der Waals surface area contributed by atoms with Crippen LogP contribution in [0.2, 0.25) is 0 Å². The van der Waals surface area contributed by atoms with E-state index in [0.717, 1.165) is 36.4 Å². The second kappa shape index (κ2) is 10.3. The van der Waals surface area contributed by atoms with Crippen molar-refractivity contribution in [2.75, 3.05) is 50.1 Å². The van der Waals surface area contributed by atoms with E-state index < -0.39 is 10.0 Å². The molecule has 5 rings (SSSR count). The van der Waals surface area contributed by atoms with E-state index in [-0.39, 0.29) is 11.0 Å². The summed E-state index contributed by atoms with van der Waals surface area (Å²) in [4.78, 5) is 0.289. The number of benzene rings is 3. The van der Waals surface area contributed by atoms with Gasteiger partial charge in [0.15, 0.2) is 0 Å². The van der Waals surface area contributed by atoms with Crippen molar-refractivity contribution in [1.82, 2.24) is 4.31 Å². The van der Waals surface area contributed by atoms with E-state index in [0.29, 0.717) is 39.4 Å². The van der Waals surface area contributed by atoms with Gasteiger partial charge in [-0.25, -0.2) is 8.42 Å². The first kappa shape index (κ1) is 23.1. The maximum absolute atomic E-state index is 13.3. The Labute approximate surface area is 201 Å². The molecule has 0 amide bonds. The quantitative estimate of drug-likeness (QED) is 0.505. The fourth-order valence-electron chi connectivity index (χ4n) is 4.59. The summed E-state index contributed by atoms with van der Waals surface area (Å²) in [5, 5.41) is 9.34. The Morgan fingerprint density at radius 3 is 2.56 bits per heavy atom. The van der Waals surface area contributed by atoms with Gasteiger partial charge in [-0.3, -0.25) is 0 Å². The SMILES string of the molecule is O=S(=O)(c1ccc(NC[C@H]2CCCO2)c(NCc2cccc3ccccc23)c1)N1CCOCC1. The minimum absolute atomic E-state index is 0.183. The predicted molar refractivity (Wildman–Crippen MR) is 135 cm³/mol. The number of ether oxygens (including phenoxy) is 2. The number of rotatable bonds is 8. The molecule has 0 spiro atoms. The number of sulfonamides is 1. The highest BCUT2D eigenvalue weighted by atomic mass is 32.2. The van der Waals surface area contributed by atoms with Crippen LogP contribution < -0.4 is 10.6 Å². The number of fused-ring (bicyclic) bond motifs is 1. The van der Waals surface area contributed by atoms with Crippen LogP contribution in [0.4, 0.5) is 11.4 Å². The molecule has 1 atom stereocenters. The molecule has 2 fully saturated rings. The van der Waals surface area contributed by atoms with Gasteiger partial charge in [0, 0.05) is 32.8 Å². The summed E-state index contributed by atoms with van der Waals surface area (Å²) >= 11 is 0. The van der Waals surface area contributed by atoms with Gasteiger partial charge in [0.05, 0.1) is 35.6 Å². The number of anilines is 2. The number of hydrogen-bond acceptors (Lipinski definition) is 6. The largest absolute Gasteiger partial charge is 0.381 e. The molecule has 3 aromatic rings. The Morgan fingerprint density at radius 1 is 0.912 bits per heavy atom. The van der Waals surface area contributed by atoms with Crippen LogP contribution in [0.1, 0.15) is 18.4 Å². The molecule has 2 N–H and O–H groups in total. The van der Waals surface area contributed by atoms with Crippen LogP contribution in [0.5, 0.6) is 0 Å². The van der Waals surface area contributed by atoms with Gasteiger partial charge < -0.3 is 20.1 Å². The Morgan fingerprint density at radius 2 is 1.74 bits per heavy atom. The van der Waals surface area contributed by atoms with Crippen molar-refractivity contribution in [3.8, 4) is 0 Å². The molecule has 0 unspecified atom stereocenters. The van der Waals surface area contributed by atoms with Crippen molar-refractivity contribution >= 4 is 32.2 Å². The molecule has 0 aliphatic carbocycles. The topological polar surface area (TPSA) is 79.9 Å². The number of nitrogens with zero attached hydrogens (tertiary/aromatic N) is 1. The van der Waals surface area contributed by atoms with Crippen LogP contribution in [0.15, 0.2) is 65.6 Å². The molecular formula is C26H31N3O4S. The minimum Gasteiger partial charge on any atom is -0.381 e. The molecule has 2 aliphatic rings. The lowest BCUT2D eigenvalue weighted by Gasteiger charge is -2.26. The van der Waals surface area contributed by atoms with Gasteiger partial charge in [-0.15, -0.1) is 0 Å². The smallest absolute Gasteiger partial charge is 0.243 e. The second-order valence-corrected chi connectivity index (χ2v) is 10.7. The minimum atomic E-state index is -3.59. The van der Waals surface area contributed by atoms with E-state index in [1.807, 2.05) is 18.2 Å². The third-order valence-electron chi connectivity index (χ3n) is 6.49. The lowest BCUT2D eigenvalue weighted by Crippen LogP contribution is -2.40. The van der Waals surface area contributed by atoms with Gasteiger partial charge in [-0.2, -0.15) is 4.31 Å². The van der Waals surface area contributed by atoms with Crippen molar-refractivity contribution < 1.29 is 17.9 Å². The zero-order valence-corrected chi connectivity index (χ0v) is 20.0. The van der Waals surface area contributed by atoms with E-state index in [4.69, 9.17) is 9.47 Å². The fraction of sp³-hybridized carbons (Fsp3) is 0.385. The monoisotopic (exact) mass is 481 g/mol. The Hall–Kier alpha value is -2.65. The summed E-state index contributed by atoms with van der Waals surface area (Å²) in [6, 6.07) is 19.8. The summed E-state index contributed by atoms with van der Waals surface area (Å²) in [7, 11) is -3.59. The molecule has 8 heteroatoms. The average molecular weight is 482 g/mol. The molecule has 180 valence electrons. The molecule has 3 aromatic carbocycles. The molecule has 2 saturated heterocycles. The second-order valence-electron chi connectivity index (χ2n) is 8.73. The van der Waals surface area contributed by atoms with Crippen LogP contribution in [0.3, 0.4) is 0 Å². The molecule has 34 heavy (non-hydrogen) atoms. The predicted octanol–water partition coefficient (Wildman–Crippen LogP) is 4.06. The first-order chi connectivity index (χ1) is 16.6. The molecule has 7 nitrogen and oxygen atoms in total. The molecule has 0 radical (unpaired) electrons. The summed E-state index contributed by atoms with van der Waals surface area (Å²) < 4.78 is 39.1. The Balaban J connectivity index is 1.42. The number of morpholine rings is 1. The fourth-order valence-corrected chi connectivity index (χ4v) is 6.02. The van der Waals surface area contributed by atoms with Crippen molar-refractivity contribution in [3.63, 3.8) is 0 Å². The standard InChI is InChI=1S/C26H31N3O4S/c30-34(31,29-12-15-32-16-13-29)23-10-11-25(28-19-22-8-4-14-33-22)26(17-23)27-18-21-7-3-6-20-5-1-2-9-24(20)21/h1-3,5-7,9-11,17,22,27-28H,4,8,12-16,18-19H2/t22-/m1/s1. The van der Waals surface area contributed by atoms with E-state index in [1.54, 1.807) is 12.1 Å². The first-order valence-electron chi connectivity index (χ1n) is 11.9. The van der Waals surface area contributed by atoms with Crippen LogP contribution >= 0.6 is 0 Å². The van der Waals surface area contributed by atoms with Crippen LogP contribution in [-0.4, -0.2) is 58.3 Å². The maximum atomic E-state index is 13.3. The zero-order chi connectivity index (χ0) is 23.4. The lowest BCUT2D eigenvalue weighted by molar-refractivity contribution is 0.0730. The van der Waals surface area contributed by atoms with Gasteiger partial charge in [0.2, 0.25) is 10.0 Å². The van der Waals surface area contributed by atoms with Crippen LogP contribution in [0, 0.1) is 0 Å². The van der Waals surface area contributed by atoms with E-state index in [1.165, 1.54) is 15.1 Å². The van der Waals surface area contributed by atoms with E-state index in [2.05, 4.69) is 41.0 Å². The van der Waals surface area contributed by atoms with Crippen molar-refractivity contribution in [2.45, 2.75) is 30.4 Å². The highest BCUT2D eigenvalue weighted by molar-refractivity contribution is 7.89. The summed E-state index contributed by atoms with van der Waals surface area (Å²) in [6.45, 7) is 3.67. The molecule has 2 heterocycles. The zero-order valence-electron chi connectivity index (χ0n) is 19.2. The molecule has 0 bridgehead atoms. The number of nitrogens with one attached hydrogen (secondary N) is 2. The molecule has 0 aromatic heterocycles. The first-order valence-corrected chi connectivity index (χ1v) is 13.3. The van der Waals surface area contributed by atoms with Gasteiger partial charge in [0.25, 0.3) is 0 Å². The maximum Gasteiger partial charge on any atom is 0.243 e. The normalized spacial score (nSPS) is 19.4. The third-order valence-corrected chi connectivity index (χ3v) is 8.39. The Bertz CT molecular complexity index is 1230. The van der Waals surface area contributed by atoms with E-state index in [9.17, 15) is 8.42 Å². The highest BCUT2D eigenvalue weighted by Crippen LogP contribution is 2.29. The number of hydrogen-bond donors (Lipinski definition) is 2. The third kappa shape index (κ3) is 5.05. The average Bonchev–Trinajstić information content (AvgIpc) is 3.40. The highest BCUT2D eigenvalue weighted by Gasteiger charge is 2.27. The van der Waals surface area contributed by atoms with Gasteiger partial charge in [0.1, 0.15) is 0 Å². The van der Waals surface area contributed by atoms with Crippen molar-refractivity contribution in [2.24, 2.45) is 0 Å². The molecule has 2 aliphatic heterocycles. The molecular weight excluding hydrogens is 450 g/mol. The summed E-state index contributed by atoms with van der Waals surface area (Å²) in [6.07, 6.45) is 2.30. The lowest BCUT2D eigenvalue weighted by atomic mass is 10.0. The van der Waals surface area contributed by atoms with Crippen LogP contribution in [0.25, 0.3) is 10.8 Å². The summed E-state index contributed by atoms with van der Waals surface area (Å²) in [5.41, 5.74) is 2.79. The van der Waals surface area contributed by atoms with Crippen molar-refractivity contribution in [1.29, 1.82) is 0 Å². The van der Waals surface area contributed by atoms with Gasteiger partial charge in [-0.1, -0.05) is 42.5 Å². The Kier molecular flexibility index (Phi) is 7.01. The summed E-state index contributed by atoms with van der Waals surface area (Å²) in [5.74, 6) is 0. The van der Waals surface area contributed by atoms with Crippen molar-refractivity contribution in [3.05, 3.63) is 66.2 Å². The van der Waals surface area contributed by atoms with E-state index >= 15 is 0 Å². The van der Waals surface area contributed by atoms with Crippen LogP contribution in [-0.2, 0) is 26.0 Å². The molecule has 0 saturated carbocycles. The van der Waals surface area contributed by atoms with Gasteiger partial charge in [-0.05, 0) is 47.4 Å².